The number of ether oxygens (including phenoxy) is 1. The maximum atomic E-state index is 13.9. The summed E-state index contributed by atoms with van der Waals surface area (Å²) in [5.74, 6) is -0.289. The van der Waals surface area contributed by atoms with Gasteiger partial charge in [-0.05, 0) is 37.1 Å². The molecule has 3 heterocycles. The van der Waals surface area contributed by atoms with Crippen LogP contribution in [0.2, 0.25) is 0 Å². The molecule has 31 heavy (non-hydrogen) atoms. The van der Waals surface area contributed by atoms with Gasteiger partial charge in [-0.25, -0.2) is 9.37 Å². The fourth-order valence-corrected chi connectivity index (χ4v) is 3.72. The minimum Gasteiger partial charge on any atom is -0.478 e. The number of H-pyrrole nitrogens is 1. The van der Waals surface area contributed by atoms with E-state index in [9.17, 15) is 14.0 Å². The van der Waals surface area contributed by atoms with Crippen LogP contribution < -0.4 is 10.3 Å². The van der Waals surface area contributed by atoms with Gasteiger partial charge in [-0.2, -0.15) is 0 Å². The Hall–Kier alpha value is -3.55. The van der Waals surface area contributed by atoms with E-state index in [1.807, 2.05) is 13.0 Å². The van der Waals surface area contributed by atoms with E-state index >= 15 is 0 Å². The summed E-state index contributed by atoms with van der Waals surface area (Å²) in [6.45, 7) is 2.77. The zero-order chi connectivity index (χ0) is 21.8. The summed E-state index contributed by atoms with van der Waals surface area (Å²) in [6.07, 6.45) is 1.96. The molecule has 8 heteroatoms. The number of para-hydroxylation sites is 1. The average Bonchev–Trinajstić information content (AvgIpc) is 3.29. The smallest absolute Gasteiger partial charge is 0.263 e. The van der Waals surface area contributed by atoms with Gasteiger partial charge >= 0.3 is 0 Å². The molecule has 2 aromatic heterocycles. The molecular weight excluding hydrogens is 399 g/mol. The van der Waals surface area contributed by atoms with Crippen molar-refractivity contribution in [3.8, 4) is 17.3 Å². The van der Waals surface area contributed by atoms with Crippen LogP contribution in [0, 0.1) is 5.82 Å². The van der Waals surface area contributed by atoms with Crippen molar-refractivity contribution in [2.45, 2.75) is 31.8 Å². The largest absolute Gasteiger partial charge is 0.478 e. The molecule has 160 valence electrons. The van der Waals surface area contributed by atoms with E-state index in [-0.39, 0.29) is 23.1 Å². The van der Waals surface area contributed by atoms with Gasteiger partial charge in [-0.3, -0.25) is 14.6 Å². The highest BCUT2D eigenvalue weighted by molar-refractivity contribution is 5.81. The summed E-state index contributed by atoms with van der Waals surface area (Å²) in [6, 6.07) is 12.9. The summed E-state index contributed by atoms with van der Waals surface area (Å²) >= 11 is 0. The molecule has 0 bridgehead atoms. The Labute approximate surface area is 178 Å². The average molecular weight is 422 g/mol. The quantitative estimate of drug-likeness (QED) is 0.659. The van der Waals surface area contributed by atoms with Crippen molar-refractivity contribution in [3.63, 3.8) is 0 Å². The predicted octanol–water partition coefficient (Wildman–Crippen LogP) is 3.14. The fourth-order valence-electron chi connectivity index (χ4n) is 3.72. The molecule has 0 saturated carbocycles. The SMILES string of the molecule is CC[C@@H](Oc1ccccc1F)C(=O)N1CC[C@@H](c2cc(=O)[nH]c(-c3ccccn3)n2)C1. The fraction of sp³-hybridized carbons (Fsp3) is 0.304. The molecule has 1 aliphatic rings. The number of amides is 1. The molecule has 1 amide bonds. The number of carbonyl (C=O) groups is 1. The number of halogens is 1. The number of likely N-dealkylation sites (tertiary alicyclic amines) is 1. The van der Waals surface area contributed by atoms with Crippen molar-refractivity contribution >= 4 is 5.91 Å². The number of hydrogen-bond acceptors (Lipinski definition) is 5. The van der Waals surface area contributed by atoms with Crippen molar-refractivity contribution in [1.29, 1.82) is 0 Å². The number of aromatic amines is 1. The lowest BCUT2D eigenvalue weighted by Crippen LogP contribution is -2.40. The van der Waals surface area contributed by atoms with Gasteiger partial charge in [0.15, 0.2) is 23.5 Å². The van der Waals surface area contributed by atoms with Crippen LogP contribution in [0.15, 0.2) is 59.5 Å². The van der Waals surface area contributed by atoms with Gasteiger partial charge in [0.05, 0.1) is 5.69 Å². The molecule has 3 aromatic rings. The highest BCUT2D eigenvalue weighted by Crippen LogP contribution is 2.28. The maximum Gasteiger partial charge on any atom is 0.263 e. The van der Waals surface area contributed by atoms with Gasteiger partial charge in [0.2, 0.25) is 0 Å². The van der Waals surface area contributed by atoms with Crippen LogP contribution in [0.5, 0.6) is 5.75 Å². The van der Waals surface area contributed by atoms with E-state index in [0.29, 0.717) is 43.1 Å². The van der Waals surface area contributed by atoms with Gasteiger partial charge in [0, 0.05) is 31.3 Å². The molecule has 0 spiro atoms. The van der Waals surface area contributed by atoms with Gasteiger partial charge in [-0.1, -0.05) is 25.1 Å². The number of nitrogens with one attached hydrogen (secondary N) is 1. The van der Waals surface area contributed by atoms with Crippen molar-refractivity contribution in [2.75, 3.05) is 13.1 Å². The maximum absolute atomic E-state index is 13.9. The Bertz CT molecular complexity index is 1120. The zero-order valence-electron chi connectivity index (χ0n) is 17.1. The molecule has 1 saturated heterocycles. The molecule has 1 fully saturated rings. The van der Waals surface area contributed by atoms with Crippen molar-refractivity contribution in [1.82, 2.24) is 19.9 Å². The number of pyridine rings is 1. The molecule has 2 atom stereocenters. The third-order valence-electron chi connectivity index (χ3n) is 5.34. The Morgan fingerprint density at radius 3 is 2.84 bits per heavy atom. The Kier molecular flexibility index (Phi) is 6.06. The lowest BCUT2D eigenvalue weighted by atomic mass is 10.0. The van der Waals surface area contributed by atoms with Gasteiger partial charge in [0.25, 0.3) is 11.5 Å². The van der Waals surface area contributed by atoms with Crippen LogP contribution >= 0.6 is 0 Å². The molecule has 1 aromatic carbocycles. The van der Waals surface area contributed by atoms with Crippen LogP contribution in [0.1, 0.15) is 31.4 Å². The molecule has 7 nitrogen and oxygen atoms in total. The number of aromatic nitrogens is 3. The van der Waals surface area contributed by atoms with Crippen LogP contribution in [0.4, 0.5) is 4.39 Å². The second-order valence-corrected chi connectivity index (χ2v) is 7.45. The minimum absolute atomic E-state index is 0.0645. The van der Waals surface area contributed by atoms with Crippen LogP contribution in [0.25, 0.3) is 11.5 Å². The number of nitrogens with zero attached hydrogens (tertiary/aromatic N) is 3. The molecule has 0 aliphatic carbocycles. The molecule has 0 unspecified atom stereocenters. The number of rotatable bonds is 6. The van der Waals surface area contributed by atoms with Crippen LogP contribution in [-0.4, -0.2) is 45.0 Å². The highest BCUT2D eigenvalue weighted by atomic mass is 19.1. The topological polar surface area (TPSA) is 88.2 Å². The van der Waals surface area contributed by atoms with Gasteiger partial charge in [0.1, 0.15) is 5.69 Å². The van der Waals surface area contributed by atoms with E-state index in [4.69, 9.17) is 4.74 Å². The first-order valence-corrected chi connectivity index (χ1v) is 10.3. The highest BCUT2D eigenvalue weighted by Gasteiger charge is 2.33. The molecule has 0 radical (unpaired) electrons. The van der Waals surface area contributed by atoms with E-state index < -0.39 is 11.9 Å². The molecule has 1 N–H and O–H groups in total. The second-order valence-electron chi connectivity index (χ2n) is 7.45. The number of benzene rings is 1. The summed E-state index contributed by atoms with van der Waals surface area (Å²) in [5, 5.41) is 0. The molecule has 1 aliphatic heterocycles. The van der Waals surface area contributed by atoms with Crippen molar-refractivity contribution in [3.05, 3.63) is 76.6 Å². The van der Waals surface area contributed by atoms with Gasteiger partial charge in [-0.15, -0.1) is 0 Å². The summed E-state index contributed by atoms with van der Waals surface area (Å²) in [7, 11) is 0. The van der Waals surface area contributed by atoms with Crippen molar-refractivity contribution < 1.29 is 13.9 Å². The normalized spacial score (nSPS) is 16.8. The third-order valence-corrected chi connectivity index (χ3v) is 5.34. The van der Waals surface area contributed by atoms with E-state index in [1.165, 1.54) is 18.2 Å². The summed E-state index contributed by atoms with van der Waals surface area (Å²) in [5.41, 5.74) is 0.948. The predicted molar refractivity (Wildman–Crippen MR) is 113 cm³/mol. The second kappa shape index (κ2) is 9.07. The third kappa shape index (κ3) is 4.63. The first-order valence-electron chi connectivity index (χ1n) is 10.3. The van der Waals surface area contributed by atoms with Gasteiger partial charge < -0.3 is 14.6 Å². The Morgan fingerprint density at radius 2 is 2.10 bits per heavy atom. The van der Waals surface area contributed by atoms with E-state index in [2.05, 4.69) is 15.0 Å². The Balaban J connectivity index is 1.49. The minimum atomic E-state index is -0.771. The van der Waals surface area contributed by atoms with Crippen molar-refractivity contribution in [2.24, 2.45) is 0 Å². The standard InChI is InChI=1S/C23H23FN4O3/c1-2-19(31-20-9-4-3-7-16(20)24)23(30)28-12-10-15(14-28)18-13-21(29)27-22(26-18)17-8-5-6-11-25-17/h3-9,11,13,15,19H,2,10,12,14H2,1H3,(H,26,27,29)/t15-,19-/m1/s1. The molecular formula is C23H23FN4O3. The summed E-state index contributed by atoms with van der Waals surface area (Å²) in [4.78, 5) is 38.4. The van der Waals surface area contributed by atoms with Crippen LogP contribution in [-0.2, 0) is 4.79 Å². The lowest BCUT2D eigenvalue weighted by molar-refractivity contribution is -0.137. The number of carbonyl (C=O) groups excluding carboxylic acids is 1. The Morgan fingerprint density at radius 1 is 1.29 bits per heavy atom. The van der Waals surface area contributed by atoms with E-state index in [0.717, 1.165) is 0 Å². The first-order chi connectivity index (χ1) is 15.0. The van der Waals surface area contributed by atoms with E-state index in [1.54, 1.807) is 35.4 Å². The monoisotopic (exact) mass is 422 g/mol. The van der Waals surface area contributed by atoms with Crippen LogP contribution in [0.3, 0.4) is 0 Å². The molecule has 4 rings (SSSR count). The first kappa shape index (κ1) is 20.7. The zero-order valence-corrected chi connectivity index (χ0v) is 17.1. The summed E-state index contributed by atoms with van der Waals surface area (Å²) < 4.78 is 19.6. The lowest BCUT2D eigenvalue weighted by Gasteiger charge is -2.23. The number of hydrogen-bond donors (Lipinski definition) is 1.